The van der Waals surface area contributed by atoms with Crippen molar-refractivity contribution in [2.24, 2.45) is 11.3 Å². The van der Waals surface area contributed by atoms with Crippen LogP contribution >= 0.6 is 0 Å². The molecule has 30 heavy (non-hydrogen) atoms. The Morgan fingerprint density at radius 2 is 2.03 bits per heavy atom. The molecule has 0 saturated heterocycles. The molecule has 1 N–H and O–H groups in total. The topological polar surface area (TPSA) is 90.7 Å². The number of carboxylic acids is 1. The molecule has 0 radical (unpaired) electrons. The molecule has 2 aromatic rings. The van der Waals surface area contributed by atoms with Gasteiger partial charge in [-0.3, -0.25) is 4.79 Å². The first-order valence-corrected chi connectivity index (χ1v) is 10.3. The van der Waals surface area contributed by atoms with E-state index in [9.17, 15) is 14.7 Å². The number of rotatable bonds is 6. The maximum absolute atomic E-state index is 12.5. The molecule has 0 aromatic carbocycles. The lowest BCUT2D eigenvalue weighted by Crippen LogP contribution is -2.33. The minimum Gasteiger partial charge on any atom is -0.491 e. The van der Waals surface area contributed by atoms with Crippen molar-refractivity contribution in [1.82, 2.24) is 9.55 Å². The predicted molar refractivity (Wildman–Crippen MR) is 112 cm³/mol. The summed E-state index contributed by atoms with van der Waals surface area (Å²) in [6, 6.07) is 3.40. The molecule has 2 aromatic heterocycles. The van der Waals surface area contributed by atoms with Crippen molar-refractivity contribution in [2.75, 3.05) is 13.7 Å². The maximum atomic E-state index is 12.5. The first-order chi connectivity index (χ1) is 14.2. The first kappa shape index (κ1) is 20.6. The average Bonchev–Trinajstić information content (AvgIpc) is 3.49. The van der Waals surface area contributed by atoms with Crippen LogP contribution in [0.15, 0.2) is 23.1 Å². The van der Waals surface area contributed by atoms with Crippen molar-refractivity contribution in [3.8, 4) is 17.1 Å². The molecule has 7 heteroatoms. The van der Waals surface area contributed by atoms with E-state index in [1.807, 2.05) is 10.6 Å². The SMILES string of the molecule is COCc1nc2c(cc1OCC1CC1)C[C@H](C(C)(C)C)n1cc(C(=O)O)c(=O)cc1-2. The van der Waals surface area contributed by atoms with Gasteiger partial charge in [-0.2, -0.15) is 0 Å². The van der Waals surface area contributed by atoms with Crippen LogP contribution in [0.2, 0.25) is 0 Å². The van der Waals surface area contributed by atoms with Crippen molar-refractivity contribution >= 4 is 5.97 Å². The van der Waals surface area contributed by atoms with E-state index in [0.29, 0.717) is 42.6 Å². The third kappa shape index (κ3) is 3.86. The minimum absolute atomic E-state index is 0.0231. The molecule has 1 aliphatic carbocycles. The summed E-state index contributed by atoms with van der Waals surface area (Å²) in [6.45, 7) is 7.32. The van der Waals surface area contributed by atoms with Gasteiger partial charge in [-0.05, 0) is 42.2 Å². The van der Waals surface area contributed by atoms with Gasteiger partial charge < -0.3 is 19.1 Å². The lowest BCUT2D eigenvalue weighted by molar-refractivity contribution is 0.0693. The second-order valence-electron chi connectivity index (χ2n) is 9.36. The smallest absolute Gasteiger partial charge is 0.341 e. The first-order valence-electron chi connectivity index (χ1n) is 10.3. The van der Waals surface area contributed by atoms with Crippen molar-refractivity contribution in [3.63, 3.8) is 0 Å². The second-order valence-corrected chi connectivity index (χ2v) is 9.36. The summed E-state index contributed by atoms with van der Waals surface area (Å²) in [6.07, 6.45) is 4.54. The molecule has 1 fully saturated rings. The predicted octanol–water partition coefficient (Wildman–Crippen LogP) is 3.69. The van der Waals surface area contributed by atoms with Crippen LogP contribution in [-0.4, -0.2) is 34.3 Å². The largest absolute Gasteiger partial charge is 0.491 e. The Morgan fingerprint density at radius 3 is 2.63 bits per heavy atom. The van der Waals surface area contributed by atoms with Crippen LogP contribution in [0.25, 0.3) is 11.4 Å². The Bertz CT molecular complexity index is 1050. The molecular formula is C23H28N2O5. The van der Waals surface area contributed by atoms with E-state index >= 15 is 0 Å². The number of hydrogen-bond donors (Lipinski definition) is 1. The van der Waals surface area contributed by atoms with Crippen LogP contribution in [0.1, 0.15) is 61.3 Å². The Hall–Kier alpha value is -2.67. The van der Waals surface area contributed by atoms with Crippen LogP contribution in [0.3, 0.4) is 0 Å². The molecule has 1 atom stereocenters. The molecule has 0 bridgehead atoms. The molecule has 0 amide bonds. The molecule has 4 rings (SSSR count). The number of nitrogens with zero attached hydrogens (tertiary/aromatic N) is 2. The van der Waals surface area contributed by atoms with Crippen molar-refractivity contribution in [2.45, 2.75) is 52.7 Å². The van der Waals surface area contributed by atoms with Gasteiger partial charge in [-0.15, -0.1) is 0 Å². The number of fused-ring (bicyclic) bond motifs is 3. The fourth-order valence-corrected chi connectivity index (χ4v) is 3.99. The van der Waals surface area contributed by atoms with Gasteiger partial charge in [0.25, 0.3) is 0 Å². The highest BCUT2D eigenvalue weighted by molar-refractivity contribution is 5.87. The van der Waals surface area contributed by atoms with Crippen molar-refractivity contribution in [3.05, 3.63) is 45.4 Å². The van der Waals surface area contributed by atoms with E-state index in [-0.39, 0.29) is 17.0 Å². The highest BCUT2D eigenvalue weighted by Gasteiger charge is 2.35. The fraction of sp³-hybridized carbons (Fsp3) is 0.522. The van der Waals surface area contributed by atoms with Crippen LogP contribution in [0.5, 0.6) is 5.75 Å². The third-order valence-corrected chi connectivity index (χ3v) is 5.89. The van der Waals surface area contributed by atoms with E-state index in [4.69, 9.17) is 14.5 Å². The molecule has 3 heterocycles. The van der Waals surface area contributed by atoms with E-state index in [0.717, 1.165) is 11.3 Å². The number of hydrogen-bond acceptors (Lipinski definition) is 5. The molecule has 1 aliphatic heterocycles. The molecule has 0 unspecified atom stereocenters. The van der Waals surface area contributed by atoms with Gasteiger partial charge in [-0.25, -0.2) is 9.78 Å². The highest BCUT2D eigenvalue weighted by atomic mass is 16.5. The van der Waals surface area contributed by atoms with Crippen LogP contribution in [0, 0.1) is 11.3 Å². The number of carboxylic acid groups (broad SMARTS) is 1. The monoisotopic (exact) mass is 412 g/mol. The third-order valence-electron chi connectivity index (χ3n) is 5.89. The fourth-order valence-electron chi connectivity index (χ4n) is 3.99. The molecule has 7 nitrogen and oxygen atoms in total. The molecule has 1 saturated carbocycles. The van der Waals surface area contributed by atoms with E-state index in [1.165, 1.54) is 25.1 Å². The van der Waals surface area contributed by atoms with Crippen LogP contribution < -0.4 is 10.2 Å². The summed E-state index contributed by atoms with van der Waals surface area (Å²) in [5.74, 6) is 0.131. The summed E-state index contributed by atoms with van der Waals surface area (Å²) in [4.78, 5) is 28.9. The Labute approximate surface area is 175 Å². The van der Waals surface area contributed by atoms with Gasteiger partial charge in [0.2, 0.25) is 0 Å². The standard InChI is InChI=1S/C23H28N2O5/c1-23(2,3)20-8-14-7-19(30-11-13-5-6-13)16(12-29-4)24-21(14)17-9-18(26)15(22(27)28)10-25(17)20/h7,9-10,13,20H,5-6,8,11-12H2,1-4H3,(H,27,28)/t20-/m1/s1. The van der Waals surface area contributed by atoms with E-state index < -0.39 is 11.4 Å². The Morgan fingerprint density at radius 1 is 1.30 bits per heavy atom. The summed E-state index contributed by atoms with van der Waals surface area (Å²) >= 11 is 0. The quantitative estimate of drug-likeness (QED) is 0.778. The second kappa shape index (κ2) is 7.54. The number of pyridine rings is 2. The zero-order valence-corrected chi connectivity index (χ0v) is 17.9. The normalized spacial score (nSPS) is 17.9. The number of methoxy groups -OCH3 is 1. The number of aromatic nitrogens is 2. The molecule has 0 spiro atoms. The van der Waals surface area contributed by atoms with Crippen molar-refractivity contribution < 1.29 is 19.4 Å². The van der Waals surface area contributed by atoms with Gasteiger partial charge in [0.05, 0.1) is 24.6 Å². The highest BCUT2D eigenvalue weighted by Crippen LogP contribution is 2.43. The minimum atomic E-state index is -1.22. The van der Waals surface area contributed by atoms with Gasteiger partial charge >= 0.3 is 5.97 Å². The lowest BCUT2D eigenvalue weighted by atomic mass is 9.79. The number of carbonyl (C=O) groups is 1. The van der Waals surface area contributed by atoms with E-state index in [1.54, 1.807) is 7.11 Å². The zero-order valence-electron chi connectivity index (χ0n) is 17.9. The van der Waals surface area contributed by atoms with Gasteiger partial charge in [-0.1, -0.05) is 20.8 Å². The van der Waals surface area contributed by atoms with Gasteiger partial charge in [0.1, 0.15) is 17.0 Å². The average molecular weight is 412 g/mol. The molecule has 2 aliphatic rings. The zero-order chi connectivity index (χ0) is 21.6. The Kier molecular flexibility index (Phi) is 5.18. The van der Waals surface area contributed by atoms with Gasteiger partial charge in [0, 0.05) is 25.4 Å². The summed E-state index contributed by atoms with van der Waals surface area (Å²) < 4.78 is 13.3. The lowest BCUT2D eigenvalue weighted by Gasteiger charge is -2.38. The maximum Gasteiger partial charge on any atom is 0.341 e. The van der Waals surface area contributed by atoms with Crippen LogP contribution in [0.4, 0.5) is 0 Å². The summed E-state index contributed by atoms with van der Waals surface area (Å²) in [5.41, 5.74) is 2.12. The summed E-state index contributed by atoms with van der Waals surface area (Å²) in [7, 11) is 1.61. The molecule has 160 valence electrons. The molecular weight excluding hydrogens is 384 g/mol. The number of ether oxygens (including phenoxy) is 2. The van der Waals surface area contributed by atoms with Crippen LogP contribution in [-0.2, 0) is 17.8 Å². The van der Waals surface area contributed by atoms with Crippen molar-refractivity contribution in [1.29, 1.82) is 0 Å². The van der Waals surface area contributed by atoms with Gasteiger partial charge in [0.15, 0.2) is 5.43 Å². The Balaban J connectivity index is 1.88. The summed E-state index contributed by atoms with van der Waals surface area (Å²) in [5, 5.41) is 9.45. The number of aromatic carboxylic acids is 1. The van der Waals surface area contributed by atoms with E-state index in [2.05, 4.69) is 20.8 Å².